The van der Waals surface area contributed by atoms with E-state index < -0.39 is 5.60 Å². The highest BCUT2D eigenvalue weighted by Crippen LogP contribution is 2.27. The molecule has 3 rings (SSSR count). The third-order valence-corrected chi connectivity index (χ3v) is 3.64. The van der Waals surface area contributed by atoms with Gasteiger partial charge in [0, 0.05) is 25.5 Å². The van der Waals surface area contributed by atoms with E-state index in [-0.39, 0.29) is 0 Å². The molecule has 0 amide bonds. The maximum atomic E-state index is 10.0. The van der Waals surface area contributed by atoms with Gasteiger partial charge in [-0.25, -0.2) is 15.8 Å². The number of fused-ring (bicyclic) bond motifs is 1. The number of aromatic nitrogens is 3. The summed E-state index contributed by atoms with van der Waals surface area (Å²) in [5, 5.41) is 10.0. The highest BCUT2D eigenvalue weighted by molar-refractivity contribution is 5.66. The predicted molar refractivity (Wildman–Crippen MR) is 72.9 cm³/mol. The molecule has 4 N–H and O–H groups in total. The van der Waals surface area contributed by atoms with E-state index in [1.807, 2.05) is 17.5 Å². The molecule has 0 aliphatic carbocycles. The third-order valence-electron chi connectivity index (χ3n) is 3.64. The van der Waals surface area contributed by atoms with Crippen molar-refractivity contribution in [2.75, 3.05) is 23.4 Å². The fourth-order valence-corrected chi connectivity index (χ4v) is 2.40. The molecule has 1 aliphatic rings. The number of nitrogen functional groups attached to an aromatic ring is 1. The van der Waals surface area contributed by atoms with E-state index in [1.54, 1.807) is 12.4 Å². The van der Waals surface area contributed by atoms with Gasteiger partial charge in [-0.3, -0.25) is 0 Å². The molecular formula is C12H18N6O. The molecule has 7 nitrogen and oxygen atoms in total. The van der Waals surface area contributed by atoms with Crippen LogP contribution in [0, 0.1) is 0 Å². The van der Waals surface area contributed by atoms with E-state index in [0.717, 1.165) is 37.4 Å². The van der Waals surface area contributed by atoms with Crippen molar-refractivity contribution in [3.8, 4) is 0 Å². The molecule has 0 radical (unpaired) electrons. The second-order valence-corrected chi connectivity index (χ2v) is 5.24. The summed E-state index contributed by atoms with van der Waals surface area (Å²) >= 11 is 0. The minimum atomic E-state index is -0.577. The van der Waals surface area contributed by atoms with Crippen molar-refractivity contribution in [2.24, 2.45) is 5.84 Å². The number of aliphatic hydroxyl groups is 1. The topological polar surface area (TPSA) is 91.7 Å². The van der Waals surface area contributed by atoms with Gasteiger partial charge >= 0.3 is 0 Å². The zero-order valence-electron chi connectivity index (χ0n) is 10.9. The Morgan fingerprint density at radius 1 is 1.42 bits per heavy atom. The lowest BCUT2D eigenvalue weighted by atomic mass is 9.94. The molecule has 1 saturated heterocycles. The molecule has 0 atom stereocenters. The molecule has 102 valence electrons. The van der Waals surface area contributed by atoms with E-state index in [9.17, 15) is 5.11 Å². The Bertz CT molecular complexity index is 583. The second-order valence-electron chi connectivity index (χ2n) is 5.24. The van der Waals surface area contributed by atoms with Gasteiger partial charge in [0.25, 0.3) is 0 Å². The molecule has 19 heavy (non-hydrogen) atoms. The molecule has 3 heterocycles. The predicted octanol–water partition coefficient (Wildman–Crippen LogP) is 0.366. The summed E-state index contributed by atoms with van der Waals surface area (Å²) in [5.41, 5.74) is 2.80. The number of nitrogens with zero attached hydrogens (tertiary/aromatic N) is 4. The number of nitrogens with one attached hydrogen (secondary N) is 1. The summed E-state index contributed by atoms with van der Waals surface area (Å²) < 4.78 is 1.89. The molecule has 0 saturated carbocycles. The second kappa shape index (κ2) is 4.36. The van der Waals surface area contributed by atoms with E-state index in [4.69, 9.17) is 5.84 Å². The lowest BCUT2D eigenvalue weighted by Gasteiger charge is -2.36. The Kier molecular flexibility index (Phi) is 2.79. The molecule has 2 aromatic heterocycles. The van der Waals surface area contributed by atoms with E-state index in [1.165, 1.54) is 0 Å². The highest BCUT2D eigenvalue weighted by atomic mass is 16.3. The van der Waals surface area contributed by atoms with Crippen LogP contribution in [-0.2, 0) is 0 Å². The number of hydrogen-bond acceptors (Lipinski definition) is 6. The summed E-state index contributed by atoms with van der Waals surface area (Å²) in [7, 11) is 0. The standard InChI is InChI=1S/C12H18N6O/c1-12(19)2-5-17(6-3-12)11-10-14-4-7-18(10)8-9(15-11)16-13/h4,7-8,16,19H,2-3,5-6,13H2,1H3. The fourth-order valence-electron chi connectivity index (χ4n) is 2.40. The fraction of sp³-hybridized carbons (Fsp3) is 0.500. The Morgan fingerprint density at radius 2 is 2.16 bits per heavy atom. The SMILES string of the molecule is CC1(O)CCN(c2nc(NN)cn3ccnc23)CC1. The van der Waals surface area contributed by atoms with Gasteiger partial charge in [0.05, 0.1) is 11.8 Å². The average Bonchev–Trinajstić information content (AvgIpc) is 2.86. The smallest absolute Gasteiger partial charge is 0.180 e. The van der Waals surface area contributed by atoms with Gasteiger partial charge in [0.1, 0.15) is 0 Å². The van der Waals surface area contributed by atoms with Crippen LogP contribution in [0.25, 0.3) is 5.65 Å². The number of imidazole rings is 1. The number of nitrogens with two attached hydrogens (primary N) is 1. The molecule has 0 unspecified atom stereocenters. The molecule has 0 bridgehead atoms. The van der Waals surface area contributed by atoms with Gasteiger partial charge in [0.2, 0.25) is 0 Å². The van der Waals surface area contributed by atoms with Gasteiger partial charge in [0.15, 0.2) is 17.3 Å². The van der Waals surface area contributed by atoms with Crippen LogP contribution in [0.2, 0.25) is 0 Å². The van der Waals surface area contributed by atoms with Crippen molar-refractivity contribution >= 4 is 17.3 Å². The van der Waals surface area contributed by atoms with Crippen LogP contribution in [0.3, 0.4) is 0 Å². The Balaban J connectivity index is 1.98. The third kappa shape index (κ3) is 2.22. The van der Waals surface area contributed by atoms with Crippen LogP contribution >= 0.6 is 0 Å². The maximum Gasteiger partial charge on any atom is 0.180 e. The monoisotopic (exact) mass is 262 g/mol. The first kappa shape index (κ1) is 12.2. The number of hydrogen-bond donors (Lipinski definition) is 3. The quantitative estimate of drug-likeness (QED) is 0.535. The molecule has 2 aromatic rings. The first-order chi connectivity index (χ1) is 9.09. The van der Waals surface area contributed by atoms with Gasteiger partial charge < -0.3 is 19.8 Å². The van der Waals surface area contributed by atoms with Crippen LogP contribution in [0.15, 0.2) is 18.6 Å². The minimum absolute atomic E-state index is 0.577. The maximum absolute atomic E-state index is 10.0. The minimum Gasteiger partial charge on any atom is -0.390 e. The summed E-state index contributed by atoms with van der Waals surface area (Å²) in [6.45, 7) is 3.40. The van der Waals surface area contributed by atoms with Crippen molar-refractivity contribution in [1.82, 2.24) is 14.4 Å². The van der Waals surface area contributed by atoms with Crippen LogP contribution in [0.4, 0.5) is 11.6 Å². The van der Waals surface area contributed by atoms with E-state index in [2.05, 4.69) is 20.3 Å². The van der Waals surface area contributed by atoms with Gasteiger partial charge in [-0.1, -0.05) is 0 Å². The molecule has 1 aliphatic heterocycles. The van der Waals surface area contributed by atoms with Crippen molar-refractivity contribution in [1.29, 1.82) is 0 Å². The summed E-state index contributed by atoms with van der Waals surface area (Å²) in [6.07, 6.45) is 6.85. The summed E-state index contributed by atoms with van der Waals surface area (Å²) in [4.78, 5) is 11.0. The summed E-state index contributed by atoms with van der Waals surface area (Å²) in [5.74, 6) is 6.84. The Morgan fingerprint density at radius 3 is 2.84 bits per heavy atom. The van der Waals surface area contributed by atoms with Crippen LogP contribution in [0.1, 0.15) is 19.8 Å². The van der Waals surface area contributed by atoms with Crippen molar-refractivity contribution in [3.63, 3.8) is 0 Å². The molecule has 0 aromatic carbocycles. The van der Waals surface area contributed by atoms with Gasteiger partial charge in [-0.2, -0.15) is 0 Å². The average molecular weight is 262 g/mol. The molecule has 0 spiro atoms. The van der Waals surface area contributed by atoms with Crippen LogP contribution < -0.4 is 16.2 Å². The van der Waals surface area contributed by atoms with Crippen molar-refractivity contribution in [2.45, 2.75) is 25.4 Å². The molecule has 7 heteroatoms. The lowest BCUT2D eigenvalue weighted by molar-refractivity contribution is 0.0350. The zero-order valence-corrected chi connectivity index (χ0v) is 10.9. The number of anilines is 2. The Hall–Kier alpha value is -1.86. The largest absolute Gasteiger partial charge is 0.390 e. The number of hydrazine groups is 1. The van der Waals surface area contributed by atoms with E-state index >= 15 is 0 Å². The Labute approximate surface area is 111 Å². The normalized spacial score (nSPS) is 18.8. The van der Waals surface area contributed by atoms with Gasteiger partial charge in [-0.05, 0) is 19.8 Å². The first-order valence-electron chi connectivity index (χ1n) is 6.37. The van der Waals surface area contributed by atoms with Crippen LogP contribution in [0.5, 0.6) is 0 Å². The van der Waals surface area contributed by atoms with Crippen molar-refractivity contribution < 1.29 is 5.11 Å². The number of piperidine rings is 1. The highest BCUT2D eigenvalue weighted by Gasteiger charge is 2.29. The van der Waals surface area contributed by atoms with Gasteiger partial charge in [-0.15, -0.1) is 0 Å². The van der Waals surface area contributed by atoms with Crippen molar-refractivity contribution in [3.05, 3.63) is 18.6 Å². The zero-order chi connectivity index (χ0) is 13.5. The molecule has 1 fully saturated rings. The first-order valence-corrected chi connectivity index (χ1v) is 6.37. The number of rotatable bonds is 2. The summed E-state index contributed by atoms with van der Waals surface area (Å²) in [6, 6.07) is 0. The molecular weight excluding hydrogens is 244 g/mol. The lowest BCUT2D eigenvalue weighted by Crippen LogP contribution is -2.43. The van der Waals surface area contributed by atoms with E-state index in [0.29, 0.717) is 5.82 Å². The van der Waals surface area contributed by atoms with Crippen LogP contribution in [-0.4, -0.2) is 38.2 Å².